The van der Waals surface area contributed by atoms with Crippen LogP contribution in [0, 0.1) is 0 Å². The minimum absolute atomic E-state index is 0.0972. The molecule has 1 aliphatic heterocycles. The molecular formula is C31H37NO3S4. The molecule has 0 saturated heterocycles. The number of phenolic OH excluding ortho intramolecular Hbond substituents is 1. The van der Waals surface area contributed by atoms with E-state index in [1.807, 2.05) is 59.2 Å². The first-order valence-corrected chi connectivity index (χ1v) is 18.1. The Bertz CT molecular complexity index is 1330. The number of nitrogens with zero attached hydrogens (tertiary/aromatic N) is 1. The fourth-order valence-electron chi connectivity index (χ4n) is 4.46. The summed E-state index contributed by atoms with van der Waals surface area (Å²) in [5.41, 5.74) is 4.66. The highest BCUT2D eigenvalue weighted by atomic mass is 32.2. The van der Waals surface area contributed by atoms with Gasteiger partial charge in [0.15, 0.2) is 5.43 Å². The zero-order valence-electron chi connectivity index (χ0n) is 22.7. The van der Waals surface area contributed by atoms with Gasteiger partial charge in [-0.3, -0.25) is 4.79 Å². The molecule has 2 aliphatic rings. The van der Waals surface area contributed by atoms with Crippen LogP contribution in [0.5, 0.6) is 5.75 Å². The van der Waals surface area contributed by atoms with Gasteiger partial charge in [-0.15, -0.1) is 0 Å². The van der Waals surface area contributed by atoms with Gasteiger partial charge in [-0.05, 0) is 53.5 Å². The molecule has 208 valence electrons. The van der Waals surface area contributed by atoms with E-state index in [0.29, 0.717) is 11.3 Å². The average molecular weight is 600 g/mol. The summed E-state index contributed by atoms with van der Waals surface area (Å²) >= 11 is 8.11. The maximum absolute atomic E-state index is 12.1. The Hall–Kier alpha value is -1.87. The summed E-state index contributed by atoms with van der Waals surface area (Å²) < 4.78 is 6.01. The third-order valence-corrected chi connectivity index (χ3v) is 10.6. The first-order chi connectivity index (χ1) is 19.1. The molecule has 0 fully saturated rings. The van der Waals surface area contributed by atoms with Crippen molar-refractivity contribution in [2.45, 2.75) is 13.8 Å². The first kappa shape index (κ1) is 30.1. The number of aromatic hydroxyl groups is 1. The molecule has 39 heavy (non-hydrogen) atoms. The van der Waals surface area contributed by atoms with Gasteiger partial charge >= 0.3 is 0 Å². The number of hydrogen-bond acceptors (Lipinski definition) is 8. The van der Waals surface area contributed by atoms with E-state index in [9.17, 15) is 9.90 Å². The van der Waals surface area contributed by atoms with Gasteiger partial charge in [-0.25, -0.2) is 0 Å². The second-order valence-electron chi connectivity index (χ2n) is 8.97. The molecule has 8 heteroatoms. The molecular weight excluding hydrogens is 563 g/mol. The summed E-state index contributed by atoms with van der Waals surface area (Å²) in [6.07, 6.45) is 0. The van der Waals surface area contributed by atoms with Gasteiger partial charge in [0.2, 0.25) is 0 Å². The van der Waals surface area contributed by atoms with Crippen LogP contribution in [0.4, 0.5) is 5.69 Å². The lowest BCUT2D eigenvalue weighted by atomic mass is 9.93. The van der Waals surface area contributed by atoms with E-state index in [-0.39, 0.29) is 11.2 Å². The number of hydrogen-bond donors (Lipinski definition) is 1. The number of phenols is 1. The van der Waals surface area contributed by atoms with Gasteiger partial charge in [0.25, 0.3) is 0 Å². The van der Waals surface area contributed by atoms with Crippen molar-refractivity contribution in [3.8, 4) is 28.2 Å². The summed E-state index contributed by atoms with van der Waals surface area (Å²) in [6.45, 7) is 6.51. The zero-order chi connectivity index (χ0) is 27.5. The molecule has 0 amide bonds. The van der Waals surface area contributed by atoms with E-state index < -0.39 is 0 Å². The molecule has 1 N–H and O–H groups in total. The molecule has 2 aromatic carbocycles. The van der Waals surface area contributed by atoms with Crippen molar-refractivity contribution in [1.82, 2.24) is 0 Å². The molecule has 1 aliphatic carbocycles. The van der Waals surface area contributed by atoms with Crippen molar-refractivity contribution < 1.29 is 9.52 Å². The standard InChI is InChI=1S/C31H37NO3S4/c1-3-36-17-19-38-15-13-32(14-16-39-20-18-37-4-2)24-7-5-23(6-8-24)31-27-11-9-25(33)21-29(27)35-30-22-26(34)10-12-28(30)31/h5-12,21-22,33H,3-4,13-20H2,1-2H3. The molecule has 0 radical (unpaired) electrons. The van der Waals surface area contributed by atoms with Crippen LogP contribution < -0.4 is 10.3 Å². The van der Waals surface area contributed by atoms with Gasteiger partial charge in [-0.2, -0.15) is 47.0 Å². The summed E-state index contributed by atoms with van der Waals surface area (Å²) in [6, 6.07) is 18.9. The molecule has 0 aromatic heterocycles. The van der Waals surface area contributed by atoms with Gasteiger partial charge in [0.05, 0.1) is 0 Å². The first-order valence-electron chi connectivity index (χ1n) is 13.5. The molecule has 0 spiro atoms. The Morgan fingerprint density at radius 1 is 0.744 bits per heavy atom. The van der Waals surface area contributed by atoms with Crippen LogP contribution in [0.15, 0.2) is 69.9 Å². The molecule has 0 atom stereocenters. The highest BCUT2D eigenvalue weighted by Crippen LogP contribution is 2.41. The monoisotopic (exact) mass is 599 g/mol. The summed E-state index contributed by atoms with van der Waals surface area (Å²) in [4.78, 5) is 14.6. The molecule has 4 nitrogen and oxygen atoms in total. The number of fused-ring (bicyclic) bond motifs is 2. The minimum Gasteiger partial charge on any atom is -0.508 e. The molecule has 0 bridgehead atoms. The highest BCUT2D eigenvalue weighted by Gasteiger charge is 2.18. The molecule has 2 aromatic rings. The number of anilines is 1. The van der Waals surface area contributed by atoms with E-state index >= 15 is 0 Å². The summed E-state index contributed by atoms with van der Waals surface area (Å²) in [7, 11) is 0. The van der Waals surface area contributed by atoms with Crippen LogP contribution in [-0.2, 0) is 0 Å². The van der Waals surface area contributed by atoms with Crippen LogP contribution in [0.25, 0.3) is 33.4 Å². The largest absolute Gasteiger partial charge is 0.508 e. The average Bonchev–Trinajstić information content (AvgIpc) is 2.94. The number of thioether (sulfide) groups is 4. The van der Waals surface area contributed by atoms with Crippen molar-refractivity contribution in [2.75, 3.05) is 64.0 Å². The molecule has 0 unspecified atom stereocenters. The van der Waals surface area contributed by atoms with Gasteiger partial charge < -0.3 is 14.4 Å². The van der Waals surface area contributed by atoms with Crippen LogP contribution >= 0.6 is 47.0 Å². The predicted octanol–water partition coefficient (Wildman–Crippen LogP) is 8.05. The van der Waals surface area contributed by atoms with Gasteiger partial charge in [0, 0.05) is 81.9 Å². The topological polar surface area (TPSA) is 53.7 Å². The maximum atomic E-state index is 12.1. The van der Waals surface area contributed by atoms with Crippen molar-refractivity contribution in [3.63, 3.8) is 0 Å². The van der Waals surface area contributed by atoms with E-state index in [1.165, 1.54) is 46.3 Å². The third-order valence-electron chi connectivity index (χ3n) is 6.36. The lowest BCUT2D eigenvalue weighted by Gasteiger charge is -2.25. The fourth-order valence-corrected chi connectivity index (χ4v) is 8.03. The van der Waals surface area contributed by atoms with Crippen molar-refractivity contribution in [1.29, 1.82) is 0 Å². The van der Waals surface area contributed by atoms with Gasteiger partial charge in [-0.1, -0.05) is 26.0 Å². The van der Waals surface area contributed by atoms with Crippen LogP contribution in [0.2, 0.25) is 0 Å². The van der Waals surface area contributed by atoms with Crippen LogP contribution in [0.3, 0.4) is 0 Å². The van der Waals surface area contributed by atoms with E-state index in [2.05, 4.69) is 43.0 Å². The summed E-state index contributed by atoms with van der Waals surface area (Å²) in [5.74, 6) is 10.1. The lowest BCUT2D eigenvalue weighted by molar-refractivity contribution is 0.474. The fraction of sp³-hybridized carbons (Fsp3) is 0.387. The van der Waals surface area contributed by atoms with Crippen molar-refractivity contribution in [2.24, 2.45) is 0 Å². The Morgan fingerprint density at radius 2 is 1.38 bits per heavy atom. The number of benzene rings is 3. The molecule has 4 rings (SSSR count). The third kappa shape index (κ3) is 8.56. The highest BCUT2D eigenvalue weighted by molar-refractivity contribution is 8.03. The Kier molecular flexibility index (Phi) is 12.2. The van der Waals surface area contributed by atoms with Crippen LogP contribution in [0.1, 0.15) is 13.8 Å². The van der Waals surface area contributed by atoms with E-state index in [4.69, 9.17) is 4.42 Å². The van der Waals surface area contributed by atoms with E-state index in [1.54, 1.807) is 18.2 Å². The van der Waals surface area contributed by atoms with Gasteiger partial charge in [0.1, 0.15) is 17.1 Å². The smallest absolute Gasteiger partial charge is 0.182 e. The minimum atomic E-state index is -0.0972. The Morgan fingerprint density at radius 3 is 2.03 bits per heavy atom. The van der Waals surface area contributed by atoms with E-state index in [0.717, 1.165) is 46.7 Å². The van der Waals surface area contributed by atoms with Crippen LogP contribution in [-0.4, -0.2) is 64.2 Å². The normalized spacial score (nSPS) is 11.4. The predicted molar refractivity (Wildman–Crippen MR) is 179 cm³/mol. The second kappa shape index (κ2) is 15.8. The quantitative estimate of drug-likeness (QED) is 0.103. The second-order valence-corrected chi connectivity index (χ2v) is 14.2. The van der Waals surface area contributed by atoms with Crippen molar-refractivity contribution in [3.05, 3.63) is 70.9 Å². The Balaban J connectivity index is 1.56. The van der Waals surface area contributed by atoms with Crippen molar-refractivity contribution >= 4 is 63.7 Å². The summed E-state index contributed by atoms with van der Waals surface area (Å²) in [5, 5.41) is 11.0. The SMILES string of the molecule is CCSCCSCCN(CCSCCSCC)c1ccc(-c2c3ccc(=O)cc-3oc3cc(O)ccc23)cc1. The molecule has 1 heterocycles. The number of rotatable bonds is 16. The maximum Gasteiger partial charge on any atom is 0.182 e. The zero-order valence-corrected chi connectivity index (χ0v) is 26.0. The lowest BCUT2D eigenvalue weighted by Crippen LogP contribution is -2.28. The molecule has 0 saturated carbocycles. The Labute approximate surface area is 249 Å².